The molecule has 6 heteroatoms. The third kappa shape index (κ3) is 2.14. The van der Waals surface area contributed by atoms with Crippen molar-refractivity contribution in [3.8, 4) is 5.69 Å². The van der Waals surface area contributed by atoms with Crippen LogP contribution in [0.15, 0.2) is 24.3 Å². The van der Waals surface area contributed by atoms with Crippen molar-refractivity contribution in [1.29, 1.82) is 0 Å². The van der Waals surface area contributed by atoms with Gasteiger partial charge in [-0.3, -0.25) is 0 Å². The maximum atomic E-state index is 11.3. The van der Waals surface area contributed by atoms with Gasteiger partial charge in [-0.15, -0.1) is 0 Å². The SMILES string of the molecule is O=C(O)c1nn(-c2ccccc2I)c2c1COCC2. The van der Waals surface area contributed by atoms with Gasteiger partial charge in [-0.05, 0) is 34.7 Å². The van der Waals surface area contributed by atoms with Crippen molar-refractivity contribution in [2.45, 2.75) is 13.0 Å². The first kappa shape index (κ1) is 12.6. The zero-order chi connectivity index (χ0) is 13.4. The van der Waals surface area contributed by atoms with E-state index in [0.717, 1.165) is 15.0 Å². The monoisotopic (exact) mass is 370 g/mol. The molecule has 19 heavy (non-hydrogen) atoms. The highest BCUT2D eigenvalue weighted by atomic mass is 127. The first-order valence-electron chi connectivity index (χ1n) is 5.85. The predicted molar refractivity (Wildman–Crippen MR) is 76.6 cm³/mol. The number of hydrogen-bond donors (Lipinski definition) is 1. The smallest absolute Gasteiger partial charge is 0.356 e. The van der Waals surface area contributed by atoms with E-state index in [1.807, 2.05) is 24.3 Å². The van der Waals surface area contributed by atoms with Gasteiger partial charge in [-0.2, -0.15) is 5.10 Å². The van der Waals surface area contributed by atoms with Gasteiger partial charge in [0.1, 0.15) is 0 Å². The summed E-state index contributed by atoms with van der Waals surface area (Å²) in [6, 6.07) is 7.79. The number of carboxylic acid groups (broad SMARTS) is 1. The first-order valence-corrected chi connectivity index (χ1v) is 6.93. The van der Waals surface area contributed by atoms with Crippen molar-refractivity contribution in [1.82, 2.24) is 9.78 Å². The number of para-hydroxylation sites is 1. The molecule has 1 aliphatic heterocycles. The molecule has 1 aromatic carbocycles. The molecule has 0 saturated carbocycles. The van der Waals surface area contributed by atoms with Crippen LogP contribution in [0.3, 0.4) is 0 Å². The average Bonchev–Trinajstić information content (AvgIpc) is 2.79. The molecule has 0 spiro atoms. The van der Waals surface area contributed by atoms with Gasteiger partial charge >= 0.3 is 5.97 Å². The molecule has 1 aromatic heterocycles. The van der Waals surface area contributed by atoms with E-state index >= 15 is 0 Å². The minimum Gasteiger partial charge on any atom is -0.476 e. The lowest BCUT2D eigenvalue weighted by atomic mass is 10.1. The second-order valence-corrected chi connectivity index (χ2v) is 5.41. The number of hydrogen-bond acceptors (Lipinski definition) is 3. The Hall–Kier alpha value is -1.41. The molecule has 0 bridgehead atoms. The number of aromatic carboxylic acids is 1. The molecule has 1 N–H and O–H groups in total. The number of ether oxygens (including phenoxy) is 1. The van der Waals surface area contributed by atoms with Crippen LogP contribution in [0, 0.1) is 3.57 Å². The van der Waals surface area contributed by atoms with E-state index < -0.39 is 5.97 Å². The third-order valence-corrected chi connectivity index (χ3v) is 4.01. The minimum absolute atomic E-state index is 0.0920. The summed E-state index contributed by atoms with van der Waals surface area (Å²) in [6.45, 7) is 0.918. The van der Waals surface area contributed by atoms with Crippen LogP contribution < -0.4 is 0 Å². The van der Waals surface area contributed by atoms with E-state index in [2.05, 4.69) is 27.7 Å². The van der Waals surface area contributed by atoms with Crippen LogP contribution in [0.1, 0.15) is 21.7 Å². The van der Waals surface area contributed by atoms with Crippen molar-refractivity contribution in [3.63, 3.8) is 0 Å². The van der Waals surface area contributed by atoms with Gasteiger partial charge in [0, 0.05) is 15.6 Å². The molecule has 0 saturated heterocycles. The Morgan fingerprint density at radius 3 is 2.95 bits per heavy atom. The van der Waals surface area contributed by atoms with Gasteiger partial charge in [0.05, 0.1) is 24.6 Å². The first-order chi connectivity index (χ1) is 9.18. The molecule has 2 aromatic rings. The van der Waals surface area contributed by atoms with Crippen LogP contribution >= 0.6 is 22.6 Å². The van der Waals surface area contributed by atoms with E-state index in [1.54, 1.807) is 4.68 Å². The maximum absolute atomic E-state index is 11.3. The third-order valence-electron chi connectivity index (χ3n) is 3.10. The molecule has 0 fully saturated rings. The van der Waals surface area contributed by atoms with E-state index in [0.29, 0.717) is 25.2 Å². The summed E-state index contributed by atoms with van der Waals surface area (Å²) in [4.78, 5) is 11.3. The Morgan fingerprint density at radius 2 is 2.21 bits per heavy atom. The summed E-state index contributed by atoms with van der Waals surface area (Å²) in [6.07, 6.45) is 0.681. The van der Waals surface area contributed by atoms with Crippen molar-refractivity contribution in [2.24, 2.45) is 0 Å². The van der Waals surface area contributed by atoms with Crippen molar-refractivity contribution < 1.29 is 14.6 Å². The molecule has 0 amide bonds. The minimum atomic E-state index is -1.01. The highest BCUT2D eigenvalue weighted by Gasteiger charge is 2.26. The second kappa shape index (κ2) is 4.93. The van der Waals surface area contributed by atoms with E-state index in [9.17, 15) is 9.90 Å². The van der Waals surface area contributed by atoms with Crippen LogP contribution in [-0.2, 0) is 17.8 Å². The zero-order valence-electron chi connectivity index (χ0n) is 9.97. The fourth-order valence-electron chi connectivity index (χ4n) is 2.23. The number of carboxylic acids is 1. The molecular formula is C13H11IN2O3. The van der Waals surface area contributed by atoms with Crippen LogP contribution in [0.2, 0.25) is 0 Å². The zero-order valence-corrected chi connectivity index (χ0v) is 12.1. The fourth-order valence-corrected chi connectivity index (χ4v) is 2.85. The maximum Gasteiger partial charge on any atom is 0.356 e. The number of aromatic nitrogens is 2. The molecule has 0 unspecified atom stereocenters. The number of benzene rings is 1. The lowest BCUT2D eigenvalue weighted by Crippen LogP contribution is -2.14. The van der Waals surface area contributed by atoms with Crippen LogP contribution in [0.4, 0.5) is 0 Å². The van der Waals surface area contributed by atoms with Gasteiger partial charge in [0.2, 0.25) is 0 Å². The Labute approximate surface area is 123 Å². The van der Waals surface area contributed by atoms with Crippen LogP contribution in [-0.4, -0.2) is 27.5 Å². The fraction of sp³-hybridized carbons (Fsp3) is 0.231. The van der Waals surface area contributed by atoms with E-state index in [4.69, 9.17) is 4.74 Å². The largest absolute Gasteiger partial charge is 0.476 e. The molecule has 1 aliphatic rings. The summed E-state index contributed by atoms with van der Waals surface area (Å²) in [5.74, 6) is -1.01. The molecule has 5 nitrogen and oxygen atoms in total. The number of nitrogens with zero attached hydrogens (tertiary/aromatic N) is 2. The van der Waals surface area contributed by atoms with Gasteiger partial charge in [-0.1, -0.05) is 12.1 Å². The van der Waals surface area contributed by atoms with Crippen molar-refractivity contribution in [3.05, 3.63) is 44.8 Å². The highest BCUT2D eigenvalue weighted by Crippen LogP contribution is 2.26. The molecule has 0 atom stereocenters. The number of halogens is 1. The number of fused-ring (bicyclic) bond motifs is 1. The molecule has 2 heterocycles. The van der Waals surface area contributed by atoms with Gasteiger partial charge in [-0.25, -0.2) is 9.48 Å². The van der Waals surface area contributed by atoms with Crippen molar-refractivity contribution >= 4 is 28.6 Å². The lowest BCUT2D eigenvalue weighted by Gasteiger charge is -2.15. The Kier molecular flexibility index (Phi) is 3.28. The van der Waals surface area contributed by atoms with Gasteiger partial charge in [0.15, 0.2) is 5.69 Å². The topological polar surface area (TPSA) is 64.3 Å². The standard InChI is InChI=1S/C13H11IN2O3/c14-9-3-1-2-4-11(9)16-10-5-6-19-7-8(10)12(15-16)13(17)18/h1-4H,5-7H2,(H,17,18). The van der Waals surface area contributed by atoms with E-state index in [-0.39, 0.29) is 5.69 Å². The Bertz CT molecular complexity index is 651. The summed E-state index contributed by atoms with van der Waals surface area (Å²) in [7, 11) is 0. The summed E-state index contributed by atoms with van der Waals surface area (Å²) in [5.41, 5.74) is 2.63. The quantitative estimate of drug-likeness (QED) is 0.824. The normalized spacial score (nSPS) is 14.2. The average molecular weight is 370 g/mol. The molecule has 3 rings (SSSR count). The van der Waals surface area contributed by atoms with Crippen LogP contribution in [0.25, 0.3) is 5.69 Å². The number of carbonyl (C=O) groups is 1. The summed E-state index contributed by atoms with van der Waals surface area (Å²) in [5, 5.41) is 13.5. The van der Waals surface area contributed by atoms with Gasteiger partial charge in [0.25, 0.3) is 0 Å². The number of rotatable bonds is 2. The summed E-state index contributed by atoms with van der Waals surface area (Å²) >= 11 is 2.23. The van der Waals surface area contributed by atoms with E-state index in [1.165, 1.54) is 0 Å². The highest BCUT2D eigenvalue weighted by molar-refractivity contribution is 14.1. The molecule has 98 valence electrons. The van der Waals surface area contributed by atoms with Gasteiger partial charge < -0.3 is 9.84 Å². The molecular weight excluding hydrogens is 359 g/mol. The molecule has 0 radical (unpaired) electrons. The Morgan fingerprint density at radius 1 is 1.42 bits per heavy atom. The Balaban J connectivity index is 2.22. The lowest BCUT2D eigenvalue weighted by molar-refractivity contribution is 0.0677. The summed E-state index contributed by atoms with van der Waals surface area (Å²) < 4.78 is 8.12. The van der Waals surface area contributed by atoms with Crippen LogP contribution in [0.5, 0.6) is 0 Å². The van der Waals surface area contributed by atoms with Crippen molar-refractivity contribution in [2.75, 3.05) is 6.61 Å². The molecule has 0 aliphatic carbocycles. The second-order valence-electron chi connectivity index (χ2n) is 4.24. The predicted octanol–water partition coefficient (Wildman–Crippen LogP) is 2.25.